The number of fused-ring (bicyclic) bond motifs is 1. The molecule has 1 aliphatic rings. The van der Waals surface area contributed by atoms with Crippen LogP contribution in [-0.2, 0) is 6.18 Å². The summed E-state index contributed by atoms with van der Waals surface area (Å²) < 4.78 is 52.2. The number of H-pyrrole nitrogens is 1. The van der Waals surface area contributed by atoms with E-state index in [0.29, 0.717) is 31.4 Å². The Labute approximate surface area is 151 Å². The van der Waals surface area contributed by atoms with Gasteiger partial charge in [-0.2, -0.15) is 13.2 Å². The van der Waals surface area contributed by atoms with Crippen molar-refractivity contribution in [3.63, 3.8) is 0 Å². The van der Waals surface area contributed by atoms with Crippen molar-refractivity contribution < 1.29 is 17.6 Å². The number of alkyl halides is 3. The number of hydrogen-bond acceptors (Lipinski definition) is 5. The Morgan fingerprint density at radius 1 is 1.07 bits per heavy atom. The average Bonchev–Trinajstić information content (AvgIpc) is 3.11. The number of nitrogens with one attached hydrogen (secondary N) is 2. The quantitative estimate of drug-likeness (QED) is 0.680. The first-order chi connectivity index (χ1) is 12.9. The van der Waals surface area contributed by atoms with Crippen molar-refractivity contribution in [1.29, 1.82) is 0 Å². The zero-order valence-corrected chi connectivity index (χ0v) is 14.1. The summed E-state index contributed by atoms with van der Waals surface area (Å²) in [6.45, 7) is 1.06. The van der Waals surface area contributed by atoms with E-state index in [1.807, 2.05) is 0 Å². The van der Waals surface area contributed by atoms with Crippen LogP contribution in [0, 0.1) is 5.82 Å². The van der Waals surface area contributed by atoms with E-state index in [1.54, 1.807) is 17.0 Å². The molecular weight excluding hydrogens is 364 g/mol. The molecule has 0 atom stereocenters. The Morgan fingerprint density at radius 2 is 1.78 bits per heavy atom. The van der Waals surface area contributed by atoms with Gasteiger partial charge in [-0.15, -0.1) is 0 Å². The van der Waals surface area contributed by atoms with Gasteiger partial charge in [0.25, 0.3) is 0 Å². The molecule has 2 N–H and O–H groups in total. The van der Waals surface area contributed by atoms with Gasteiger partial charge in [0, 0.05) is 24.8 Å². The molecule has 0 spiro atoms. The average molecular weight is 380 g/mol. The predicted molar refractivity (Wildman–Crippen MR) is 91.9 cm³/mol. The summed E-state index contributed by atoms with van der Waals surface area (Å²) in [7, 11) is 0. The van der Waals surface area contributed by atoms with Crippen LogP contribution in [-0.4, -0.2) is 39.1 Å². The zero-order valence-electron chi connectivity index (χ0n) is 14.1. The van der Waals surface area contributed by atoms with Crippen LogP contribution in [0.3, 0.4) is 0 Å². The Balaban J connectivity index is 1.51. The van der Waals surface area contributed by atoms with Gasteiger partial charge in [0.05, 0.1) is 6.33 Å². The van der Waals surface area contributed by atoms with Crippen LogP contribution in [0.5, 0.6) is 0 Å². The SMILES string of the molecule is Fc1ccc(NC2CCN(c3nc(C(F)(F)F)nc4nc[nH]c34)CC2)cc1. The highest BCUT2D eigenvalue weighted by Gasteiger charge is 2.37. The van der Waals surface area contributed by atoms with E-state index in [4.69, 9.17) is 0 Å². The number of rotatable bonds is 3. The Bertz CT molecular complexity index is 929. The van der Waals surface area contributed by atoms with E-state index >= 15 is 0 Å². The summed E-state index contributed by atoms with van der Waals surface area (Å²) in [5.74, 6) is -1.28. The molecule has 3 heterocycles. The standard InChI is InChI=1S/C17H16F4N6/c18-10-1-3-11(4-2-10)24-12-5-7-27(8-6-12)15-13-14(23-9-22-13)25-16(26-15)17(19,20)21/h1-4,9,12,24H,5-8H2,(H,22,23,25,26). The molecule has 0 aliphatic carbocycles. The molecule has 6 nitrogen and oxygen atoms in total. The maximum Gasteiger partial charge on any atom is 0.451 e. The zero-order chi connectivity index (χ0) is 19.0. The molecule has 0 radical (unpaired) electrons. The fraction of sp³-hybridized carbons (Fsp3) is 0.353. The Morgan fingerprint density at radius 3 is 2.44 bits per heavy atom. The second-order valence-corrected chi connectivity index (χ2v) is 6.38. The molecular formula is C17H16F4N6. The lowest BCUT2D eigenvalue weighted by Gasteiger charge is -2.33. The van der Waals surface area contributed by atoms with Crippen LogP contribution >= 0.6 is 0 Å². The largest absolute Gasteiger partial charge is 0.451 e. The van der Waals surface area contributed by atoms with E-state index in [9.17, 15) is 17.6 Å². The van der Waals surface area contributed by atoms with Crippen LogP contribution in [0.2, 0.25) is 0 Å². The lowest BCUT2D eigenvalue weighted by molar-refractivity contribution is -0.144. The minimum Gasteiger partial charge on any atom is -0.382 e. The molecule has 10 heteroatoms. The normalized spacial score (nSPS) is 16.1. The molecule has 0 amide bonds. The number of nitrogens with zero attached hydrogens (tertiary/aromatic N) is 4. The summed E-state index contributed by atoms with van der Waals surface area (Å²) in [5.41, 5.74) is 1.21. The maximum absolute atomic E-state index is 13.1. The van der Waals surface area contributed by atoms with Crippen molar-refractivity contribution in [1.82, 2.24) is 19.9 Å². The Kier molecular flexibility index (Phi) is 4.33. The minimum atomic E-state index is -4.63. The number of anilines is 2. The molecule has 4 rings (SSSR count). The highest BCUT2D eigenvalue weighted by atomic mass is 19.4. The first-order valence-corrected chi connectivity index (χ1v) is 8.45. The van der Waals surface area contributed by atoms with Gasteiger partial charge in [-0.1, -0.05) is 0 Å². The third-order valence-corrected chi connectivity index (χ3v) is 4.53. The van der Waals surface area contributed by atoms with Crippen LogP contribution in [0.25, 0.3) is 11.2 Å². The summed E-state index contributed by atoms with van der Waals surface area (Å²) in [6, 6.07) is 6.23. The number of halogens is 4. The molecule has 1 aliphatic heterocycles. The second kappa shape index (κ2) is 6.67. The van der Waals surface area contributed by atoms with Gasteiger partial charge in [-0.3, -0.25) is 0 Å². The topological polar surface area (TPSA) is 69.7 Å². The van der Waals surface area contributed by atoms with Gasteiger partial charge in [-0.25, -0.2) is 19.3 Å². The molecule has 0 bridgehead atoms. The number of hydrogen-bond donors (Lipinski definition) is 2. The van der Waals surface area contributed by atoms with Crippen LogP contribution < -0.4 is 10.2 Å². The van der Waals surface area contributed by atoms with Gasteiger partial charge < -0.3 is 15.2 Å². The van der Waals surface area contributed by atoms with E-state index < -0.39 is 12.0 Å². The van der Waals surface area contributed by atoms with Gasteiger partial charge in [0.1, 0.15) is 11.3 Å². The van der Waals surface area contributed by atoms with E-state index in [-0.39, 0.29) is 23.3 Å². The van der Waals surface area contributed by atoms with Gasteiger partial charge in [0.2, 0.25) is 5.82 Å². The van der Waals surface area contributed by atoms with Crippen molar-refractivity contribution in [2.24, 2.45) is 0 Å². The molecule has 0 unspecified atom stereocenters. The van der Waals surface area contributed by atoms with Crippen molar-refractivity contribution in [2.75, 3.05) is 23.3 Å². The molecule has 0 saturated carbocycles. The molecule has 1 aromatic carbocycles. The van der Waals surface area contributed by atoms with Crippen LogP contribution in [0.15, 0.2) is 30.6 Å². The number of piperidine rings is 1. The fourth-order valence-electron chi connectivity index (χ4n) is 3.19. The maximum atomic E-state index is 13.1. The highest BCUT2D eigenvalue weighted by Crippen LogP contribution is 2.31. The van der Waals surface area contributed by atoms with Gasteiger partial charge >= 0.3 is 6.18 Å². The van der Waals surface area contributed by atoms with Crippen LogP contribution in [0.4, 0.5) is 29.1 Å². The monoisotopic (exact) mass is 380 g/mol. The minimum absolute atomic E-state index is 0.00103. The summed E-state index contributed by atoms with van der Waals surface area (Å²) in [4.78, 5) is 15.7. The number of imidazole rings is 1. The van der Waals surface area contributed by atoms with Gasteiger partial charge in [-0.05, 0) is 37.1 Å². The Hall–Kier alpha value is -2.91. The third kappa shape index (κ3) is 3.64. The fourth-order valence-corrected chi connectivity index (χ4v) is 3.19. The number of benzene rings is 1. The molecule has 2 aromatic heterocycles. The summed E-state index contributed by atoms with van der Waals surface area (Å²) >= 11 is 0. The van der Waals surface area contributed by atoms with Crippen LogP contribution in [0.1, 0.15) is 18.7 Å². The first kappa shape index (κ1) is 17.5. The van der Waals surface area contributed by atoms with Crippen molar-refractivity contribution in [3.8, 4) is 0 Å². The van der Waals surface area contributed by atoms with Crippen molar-refractivity contribution in [3.05, 3.63) is 42.2 Å². The first-order valence-electron chi connectivity index (χ1n) is 8.45. The van der Waals surface area contributed by atoms with E-state index in [0.717, 1.165) is 5.69 Å². The van der Waals surface area contributed by atoms with Crippen molar-refractivity contribution in [2.45, 2.75) is 25.1 Å². The molecule has 1 fully saturated rings. The number of aromatic amines is 1. The summed E-state index contributed by atoms with van der Waals surface area (Å²) in [5, 5.41) is 3.32. The molecule has 27 heavy (non-hydrogen) atoms. The highest BCUT2D eigenvalue weighted by molar-refractivity contribution is 5.83. The van der Waals surface area contributed by atoms with Crippen molar-refractivity contribution >= 4 is 22.7 Å². The van der Waals surface area contributed by atoms with E-state index in [1.165, 1.54) is 18.5 Å². The second-order valence-electron chi connectivity index (χ2n) is 6.38. The smallest absolute Gasteiger partial charge is 0.382 e. The third-order valence-electron chi connectivity index (χ3n) is 4.53. The molecule has 1 saturated heterocycles. The summed E-state index contributed by atoms with van der Waals surface area (Å²) in [6.07, 6.45) is -1.91. The predicted octanol–water partition coefficient (Wildman–Crippen LogP) is 3.59. The van der Waals surface area contributed by atoms with E-state index in [2.05, 4.69) is 25.3 Å². The molecule has 142 valence electrons. The molecule has 3 aromatic rings. The van der Waals surface area contributed by atoms with Gasteiger partial charge in [0.15, 0.2) is 11.5 Å². The number of aromatic nitrogens is 4. The lowest BCUT2D eigenvalue weighted by Crippen LogP contribution is -2.40. The lowest BCUT2D eigenvalue weighted by atomic mass is 10.0.